The summed E-state index contributed by atoms with van der Waals surface area (Å²) in [5.41, 5.74) is 11.0. The molecule has 4 aromatic rings. The van der Waals surface area contributed by atoms with Crippen LogP contribution in [-0.2, 0) is 17.6 Å². The molecule has 0 bridgehead atoms. The van der Waals surface area contributed by atoms with Crippen molar-refractivity contribution in [1.82, 2.24) is 9.80 Å². The Labute approximate surface area is 340 Å². The fourth-order valence-electron chi connectivity index (χ4n) is 7.93. The first-order chi connectivity index (χ1) is 27.9. The third-order valence-corrected chi connectivity index (χ3v) is 11.0. The predicted octanol–water partition coefficient (Wildman–Crippen LogP) is 9.11. The maximum absolute atomic E-state index is 14.1. The van der Waals surface area contributed by atoms with E-state index in [-0.39, 0.29) is 25.0 Å². The van der Waals surface area contributed by atoms with Crippen LogP contribution in [0.5, 0.6) is 11.5 Å². The minimum atomic E-state index is -4.19. The van der Waals surface area contributed by atoms with Gasteiger partial charge in [-0.15, -0.1) is 0 Å². The Kier molecular flexibility index (Phi) is 14.8. The van der Waals surface area contributed by atoms with Gasteiger partial charge in [-0.3, -0.25) is 9.69 Å². The highest BCUT2D eigenvalue weighted by atomic mass is 19.4. The Morgan fingerprint density at radius 3 is 2.00 bits per heavy atom. The van der Waals surface area contributed by atoms with Crippen molar-refractivity contribution < 1.29 is 50.1 Å². The van der Waals surface area contributed by atoms with E-state index in [1.165, 1.54) is 11.0 Å². The average Bonchev–Trinajstić information content (AvgIpc) is 3.18. The summed E-state index contributed by atoms with van der Waals surface area (Å²) in [6.45, 7) is 7.38. The van der Waals surface area contributed by atoms with Gasteiger partial charge in [0, 0.05) is 56.1 Å². The highest BCUT2D eigenvalue weighted by Crippen LogP contribution is 2.43. The summed E-state index contributed by atoms with van der Waals surface area (Å²) in [4.78, 5) is 16.4. The van der Waals surface area contributed by atoms with Crippen LogP contribution in [0.4, 0.5) is 36.4 Å². The molecule has 0 aromatic heterocycles. The summed E-state index contributed by atoms with van der Waals surface area (Å²) in [5.74, 6) is -1.20. The molecule has 2 saturated heterocycles. The van der Waals surface area contributed by atoms with Crippen LogP contribution in [-0.4, -0.2) is 99.8 Å². The van der Waals surface area contributed by atoms with E-state index < -0.39 is 36.6 Å². The minimum absolute atomic E-state index is 0.0541. The maximum atomic E-state index is 14.1. The lowest BCUT2D eigenvalue weighted by Crippen LogP contribution is -2.49. The summed E-state index contributed by atoms with van der Waals surface area (Å²) in [6, 6.07) is 18.9. The number of halogens is 7. The molecule has 0 saturated carbocycles. The number of carboxylic acid groups (broad SMARTS) is 1. The van der Waals surface area contributed by atoms with Crippen molar-refractivity contribution in [2.24, 2.45) is 11.7 Å². The SMILES string of the molecule is C=C(N)c1c(C)cc(N2CCN(CC(F)(F)F)CC2)cc1F.COc1cc(CCN2CCC(C(F)(F)F)CC2)cc(OC)c1-c1cccc2c(CCC(=O)O)cccc12. The van der Waals surface area contributed by atoms with Gasteiger partial charge in [0.05, 0.1) is 32.2 Å². The van der Waals surface area contributed by atoms with Crippen LogP contribution in [0.2, 0.25) is 0 Å². The molecule has 0 atom stereocenters. The van der Waals surface area contributed by atoms with Crippen LogP contribution in [0.1, 0.15) is 41.5 Å². The monoisotopic (exact) mass is 832 g/mol. The summed E-state index contributed by atoms with van der Waals surface area (Å²) in [7, 11) is 3.21. The smallest absolute Gasteiger partial charge is 0.401 e. The van der Waals surface area contributed by atoms with Gasteiger partial charge < -0.3 is 30.1 Å². The van der Waals surface area contributed by atoms with Gasteiger partial charge in [0.15, 0.2) is 0 Å². The highest BCUT2D eigenvalue weighted by Gasteiger charge is 2.41. The molecule has 0 unspecified atom stereocenters. The molecule has 320 valence electrons. The van der Waals surface area contributed by atoms with Crippen molar-refractivity contribution in [3.05, 3.63) is 95.3 Å². The lowest BCUT2D eigenvalue weighted by atomic mass is 9.92. The first-order valence-corrected chi connectivity index (χ1v) is 19.4. The number of carboxylic acids is 1. The number of nitrogens with two attached hydrogens (primary N) is 1. The molecular weight excluding hydrogens is 781 g/mol. The molecule has 2 aliphatic rings. The second-order valence-corrected chi connectivity index (χ2v) is 15.0. The quantitative estimate of drug-likeness (QED) is 0.137. The van der Waals surface area contributed by atoms with Gasteiger partial charge in [-0.25, -0.2) is 4.39 Å². The van der Waals surface area contributed by atoms with Crippen molar-refractivity contribution >= 4 is 28.1 Å². The Balaban J connectivity index is 0.000000256. The Bertz CT molecular complexity index is 2040. The number of likely N-dealkylation sites (tertiary alicyclic amines) is 1. The van der Waals surface area contributed by atoms with E-state index in [0.29, 0.717) is 87.0 Å². The zero-order chi connectivity index (χ0) is 43.1. The van der Waals surface area contributed by atoms with Crippen molar-refractivity contribution in [3.8, 4) is 22.6 Å². The van der Waals surface area contributed by atoms with Crippen LogP contribution in [0.25, 0.3) is 27.6 Å². The molecule has 0 spiro atoms. The number of hydrogen-bond donors (Lipinski definition) is 2. The van der Waals surface area contributed by atoms with Crippen LogP contribution in [0, 0.1) is 18.7 Å². The first kappa shape index (κ1) is 45.1. The predicted molar refractivity (Wildman–Crippen MR) is 216 cm³/mol. The number of rotatable bonds is 12. The number of methoxy groups -OCH3 is 2. The molecule has 8 nitrogen and oxygen atoms in total. The molecule has 0 amide bonds. The topological polar surface area (TPSA) is 91.5 Å². The number of ether oxygens (including phenoxy) is 2. The van der Waals surface area contributed by atoms with Crippen molar-refractivity contribution in [2.75, 3.05) is 71.5 Å². The molecule has 6 rings (SSSR count). The zero-order valence-electron chi connectivity index (χ0n) is 33.5. The minimum Gasteiger partial charge on any atom is -0.496 e. The zero-order valence-corrected chi connectivity index (χ0v) is 33.5. The van der Waals surface area contributed by atoms with E-state index in [1.807, 2.05) is 53.4 Å². The molecular formula is C44H51F7N4O4. The Hall–Kier alpha value is -5.02. The Morgan fingerprint density at radius 2 is 1.46 bits per heavy atom. The first-order valence-electron chi connectivity index (χ1n) is 19.4. The molecule has 2 fully saturated rings. The van der Waals surface area contributed by atoms with Crippen molar-refractivity contribution in [1.29, 1.82) is 0 Å². The fraction of sp³-hybridized carbons (Fsp3) is 0.432. The molecule has 0 radical (unpaired) electrons. The molecule has 2 heterocycles. The summed E-state index contributed by atoms with van der Waals surface area (Å²) in [5, 5.41) is 11.1. The average molecular weight is 833 g/mol. The van der Waals surface area contributed by atoms with Crippen LogP contribution >= 0.6 is 0 Å². The Morgan fingerprint density at radius 1 is 0.847 bits per heavy atom. The highest BCUT2D eigenvalue weighted by molar-refractivity contribution is 6.01. The summed E-state index contributed by atoms with van der Waals surface area (Å²) < 4.78 is 102. The second kappa shape index (κ2) is 19.4. The number of piperidine rings is 1. The van der Waals surface area contributed by atoms with E-state index in [4.69, 9.17) is 20.3 Å². The summed E-state index contributed by atoms with van der Waals surface area (Å²) >= 11 is 0. The van der Waals surface area contributed by atoms with Gasteiger partial charge in [0.25, 0.3) is 0 Å². The van der Waals surface area contributed by atoms with Gasteiger partial charge in [-0.05, 0) is 103 Å². The van der Waals surface area contributed by atoms with Crippen molar-refractivity contribution in [2.45, 2.75) is 51.4 Å². The van der Waals surface area contributed by atoms with Crippen LogP contribution in [0.15, 0.2) is 67.2 Å². The van der Waals surface area contributed by atoms with Gasteiger partial charge in [-0.1, -0.05) is 43.0 Å². The lowest BCUT2D eigenvalue weighted by molar-refractivity contribution is -0.185. The fourth-order valence-corrected chi connectivity index (χ4v) is 7.93. The third kappa shape index (κ3) is 11.8. The van der Waals surface area contributed by atoms with E-state index in [2.05, 4.69) is 11.5 Å². The molecule has 59 heavy (non-hydrogen) atoms. The number of nitrogens with zero attached hydrogens (tertiary/aromatic N) is 3. The van der Waals surface area contributed by atoms with Gasteiger partial charge in [0.1, 0.15) is 17.3 Å². The van der Waals surface area contributed by atoms with E-state index >= 15 is 0 Å². The number of piperazine rings is 1. The number of aryl methyl sites for hydroxylation is 2. The molecule has 15 heteroatoms. The number of aliphatic carboxylic acids is 1. The number of alkyl halides is 6. The standard InChI is InChI=1S/C29H32F3NO4.C15H19F4N3/c1-36-25-17-19(11-14-33-15-12-21(13-16-33)29(30,31)32)18-26(37-2)28(25)24-8-4-6-22-20(9-10-27(34)35)5-3-7-23(22)24;1-10-7-12(8-13(16)14(10)11(2)20)22-5-3-21(4-6-22)9-15(17,18)19/h3-8,17-18,21H,9-16H2,1-2H3,(H,34,35);7-8H,2-6,9,20H2,1H3. The van der Waals surface area contributed by atoms with E-state index in [1.54, 1.807) is 27.2 Å². The number of anilines is 1. The summed E-state index contributed by atoms with van der Waals surface area (Å²) in [6.07, 6.45) is -6.86. The van der Waals surface area contributed by atoms with Crippen LogP contribution < -0.4 is 20.1 Å². The molecule has 3 N–H and O–H groups in total. The second-order valence-electron chi connectivity index (χ2n) is 15.0. The lowest BCUT2D eigenvalue weighted by Gasteiger charge is -2.36. The normalized spacial score (nSPS) is 15.8. The van der Waals surface area contributed by atoms with Gasteiger partial charge >= 0.3 is 18.3 Å². The van der Waals surface area contributed by atoms with Gasteiger partial charge in [0.2, 0.25) is 0 Å². The number of benzene rings is 4. The number of hydrogen-bond acceptors (Lipinski definition) is 7. The number of carbonyl (C=O) groups is 1. The van der Waals surface area contributed by atoms with E-state index in [9.17, 15) is 35.5 Å². The third-order valence-electron chi connectivity index (χ3n) is 11.0. The van der Waals surface area contributed by atoms with Gasteiger partial charge in [-0.2, -0.15) is 26.3 Å². The largest absolute Gasteiger partial charge is 0.496 e. The van der Waals surface area contributed by atoms with Crippen LogP contribution in [0.3, 0.4) is 0 Å². The maximum Gasteiger partial charge on any atom is 0.401 e. The van der Waals surface area contributed by atoms with E-state index in [0.717, 1.165) is 33.0 Å². The number of fused-ring (bicyclic) bond motifs is 1. The molecule has 4 aromatic carbocycles. The molecule has 2 aliphatic heterocycles. The molecule has 0 aliphatic carbocycles. The van der Waals surface area contributed by atoms with Crippen molar-refractivity contribution in [3.63, 3.8) is 0 Å².